The number of hydrogen-bond donors (Lipinski definition) is 1. The second kappa shape index (κ2) is 4.80. The van der Waals surface area contributed by atoms with Crippen molar-refractivity contribution in [2.45, 2.75) is 25.6 Å². The van der Waals surface area contributed by atoms with Gasteiger partial charge in [-0.1, -0.05) is 0 Å². The maximum atomic E-state index is 12.9. The highest BCUT2D eigenvalue weighted by Crippen LogP contribution is 2.36. The second-order valence-corrected chi connectivity index (χ2v) is 5.38. The zero-order valence-corrected chi connectivity index (χ0v) is 11.1. The van der Waals surface area contributed by atoms with Crippen molar-refractivity contribution in [1.29, 1.82) is 0 Å². The molecule has 0 bridgehead atoms. The third kappa shape index (κ3) is 3.04. The van der Waals surface area contributed by atoms with Crippen LogP contribution in [0.1, 0.15) is 24.4 Å². The molecule has 0 radical (unpaired) electrons. The number of aromatic nitrogens is 2. The number of nitrogens with one attached hydrogen (secondary N) is 1. The Morgan fingerprint density at radius 2 is 1.89 bits per heavy atom. The van der Waals surface area contributed by atoms with E-state index in [0.717, 1.165) is 6.07 Å². The molecule has 2 heterocycles. The molecule has 1 N–H and O–H groups in total. The van der Waals surface area contributed by atoms with Crippen molar-refractivity contribution in [3.8, 4) is 0 Å². The normalized spacial score (nSPS) is 12.5. The van der Waals surface area contributed by atoms with E-state index < -0.39 is 17.3 Å². The van der Waals surface area contributed by atoms with Gasteiger partial charge in [0, 0.05) is 17.8 Å². The van der Waals surface area contributed by atoms with Gasteiger partial charge in [0.25, 0.3) is 0 Å². The Morgan fingerprint density at radius 3 is 2.47 bits per heavy atom. The fraction of sp³-hybridized carbons (Fsp3) is 0.333. The summed E-state index contributed by atoms with van der Waals surface area (Å²) < 4.78 is 38.6. The highest BCUT2D eigenvalue weighted by Gasteiger charge is 2.36. The molecule has 0 atom stereocenters. The molecule has 2 aromatic heterocycles. The van der Waals surface area contributed by atoms with Crippen molar-refractivity contribution >= 4 is 17.2 Å². The monoisotopic (exact) mass is 287 g/mol. The summed E-state index contributed by atoms with van der Waals surface area (Å²) in [7, 11) is 0. The lowest BCUT2D eigenvalue weighted by Gasteiger charge is -2.26. The van der Waals surface area contributed by atoms with Gasteiger partial charge in [0.1, 0.15) is 10.8 Å². The average Bonchev–Trinajstić information content (AvgIpc) is 2.81. The lowest BCUT2D eigenvalue weighted by atomic mass is 10.1. The van der Waals surface area contributed by atoms with Crippen LogP contribution in [0, 0.1) is 0 Å². The lowest BCUT2D eigenvalue weighted by molar-refractivity contribution is -0.137. The number of hydrogen-bond acceptors (Lipinski definition) is 4. The predicted molar refractivity (Wildman–Crippen MR) is 68.0 cm³/mol. The number of alkyl halides is 3. The van der Waals surface area contributed by atoms with E-state index in [1.165, 1.54) is 23.6 Å². The zero-order chi connectivity index (χ0) is 14.1. The van der Waals surface area contributed by atoms with E-state index in [9.17, 15) is 13.2 Å². The van der Waals surface area contributed by atoms with Gasteiger partial charge in [0.15, 0.2) is 0 Å². The molecule has 0 fully saturated rings. The Morgan fingerprint density at radius 1 is 1.16 bits per heavy atom. The number of halogens is 3. The van der Waals surface area contributed by atoms with Gasteiger partial charge in [-0.05, 0) is 26.0 Å². The molecule has 102 valence electrons. The lowest BCUT2D eigenvalue weighted by Crippen LogP contribution is -2.29. The zero-order valence-electron chi connectivity index (χ0n) is 10.3. The third-order valence-corrected chi connectivity index (χ3v) is 3.61. The van der Waals surface area contributed by atoms with Crippen molar-refractivity contribution < 1.29 is 13.2 Å². The number of pyridine rings is 1. The molecule has 0 aliphatic heterocycles. The molecule has 0 amide bonds. The SMILES string of the molecule is CC(C)(Nc1ncccc1C(F)(F)F)c1nccs1. The van der Waals surface area contributed by atoms with Crippen molar-refractivity contribution in [3.63, 3.8) is 0 Å². The van der Waals surface area contributed by atoms with Gasteiger partial charge < -0.3 is 5.32 Å². The summed E-state index contributed by atoms with van der Waals surface area (Å²) in [5, 5.41) is 5.29. The number of rotatable bonds is 3. The van der Waals surface area contributed by atoms with Gasteiger partial charge in [0.05, 0.1) is 11.1 Å². The van der Waals surface area contributed by atoms with Crippen molar-refractivity contribution in [1.82, 2.24) is 9.97 Å². The topological polar surface area (TPSA) is 37.8 Å². The average molecular weight is 287 g/mol. The molecule has 19 heavy (non-hydrogen) atoms. The minimum Gasteiger partial charge on any atom is -0.358 e. The number of thiazole rings is 1. The molecule has 0 aliphatic rings. The van der Waals surface area contributed by atoms with Gasteiger partial charge in [-0.15, -0.1) is 11.3 Å². The van der Waals surface area contributed by atoms with E-state index in [4.69, 9.17) is 0 Å². The largest absolute Gasteiger partial charge is 0.419 e. The molecule has 3 nitrogen and oxygen atoms in total. The summed E-state index contributed by atoms with van der Waals surface area (Å²) in [4.78, 5) is 7.91. The molecule has 7 heteroatoms. The number of anilines is 1. The van der Waals surface area contributed by atoms with Crippen LogP contribution in [-0.4, -0.2) is 9.97 Å². The first-order valence-electron chi connectivity index (χ1n) is 5.51. The van der Waals surface area contributed by atoms with Crippen LogP contribution in [-0.2, 0) is 11.7 Å². The van der Waals surface area contributed by atoms with Crippen molar-refractivity contribution in [3.05, 3.63) is 40.5 Å². The van der Waals surface area contributed by atoms with E-state index in [2.05, 4.69) is 15.3 Å². The minimum absolute atomic E-state index is 0.185. The number of nitrogens with zero attached hydrogens (tertiary/aromatic N) is 2. The Kier molecular flexibility index (Phi) is 3.49. The van der Waals surface area contributed by atoms with Crippen LogP contribution < -0.4 is 5.32 Å². The molecule has 0 saturated carbocycles. The van der Waals surface area contributed by atoms with Crippen molar-refractivity contribution in [2.24, 2.45) is 0 Å². The summed E-state index contributed by atoms with van der Waals surface area (Å²) in [5.74, 6) is -0.185. The first-order valence-corrected chi connectivity index (χ1v) is 6.39. The highest BCUT2D eigenvalue weighted by atomic mass is 32.1. The summed E-state index contributed by atoms with van der Waals surface area (Å²) in [6.45, 7) is 3.53. The summed E-state index contributed by atoms with van der Waals surface area (Å²) >= 11 is 1.38. The summed E-state index contributed by atoms with van der Waals surface area (Å²) in [5.41, 5.74) is -1.50. The maximum Gasteiger partial charge on any atom is 0.419 e. The molecule has 0 aromatic carbocycles. The van der Waals surface area contributed by atoms with E-state index >= 15 is 0 Å². The molecule has 2 aromatic rings. The Bertz CT molecular complexity index is 550. The standard InChI is InChI=1S/C12H12F3N3S/c1-11(2,10-17-6-7-19-10)18-9-8(12(13,14)15)4-3-5-16-9/h3-7H,1-2H3,(H,16,18). The Labute approximate surface area is 112 Å². The molecular formula is C12H12F3N3S. The van der Waals surface area contributed by atoms with E-state index in [0.29, 0.717) is 5.01 Å². The quantitative estimate of drug-likeness (QED) is 0.930. The fourth-order valence-electron chi connectivity index (χ4n) is 1.62. The van der Waals surface area contributed by atoms with E-state index in [-0.39, 0.29) is 5.82 Å². The van der Waals surface area contributed by atoms with Crippen molar-refractivity contribution in [2.75, 3.05) is 5.32 Å². The first kappa shape index (κ1) is 13.8. The minimum atomic E-state index is -4.43. The molecule has 0 unspecified atom stereocenters. The van der Waals surface area contributed by atoms with E-state index in [1.807, 2.05) is 0 Å². The first-order chi connectivity index (χ1) is 8.81. The second-order valence-electron chi connectivity index (χ2n) is 4.48. The van der Waals surface area contributed by atoms with Gasteiger partial charge in [0.2, 0.25) is 0 Å². The summed E-state index contributed by atoms with van der Waals surface area (Å²) in [6.07, 6.45) is -1.49. The maximum absolute atomic E-state index is 12.9. The molecular weight excluding hydrogens is 275 g/mol. The predicted octanol–water partition coefficient (Wildman–Crippen LogP) is 3.90. The van der Waals surface area contributed by atoms with Crippen LogP contribution in [0.5, 0.6) is 0 Å². The Hall–Kier alpha value is -1.63. The van der Waals surface area contributed by atoms with E-state index in [1.54, 1.807) is 25.4 Å². The molecule has 0 spiro atoms. The van der Waals surface area contributed by atoms with Gasteiger partial charge in [-0.25, -0.2) is 9.97 Å². The smallest absolute Gasteiger partial charge is 0.358 e. The van der Waals surface area contributed by atoms with Crippen LogP contribution in [0.4, 0.5) is 19.0 Å². The molecule has 0 aliphatic carbocycles. The fourth-order valence-corrected chi connectivity index (χ4v) is 2.33. The van der Waals surface area contributed by atoms with Crippen LogP contribution in [0.25, 0.3) is 0 Å². The van der Waals surface area contributed by atoms with Gasteiger partial charge in [-0.3, -0.25) is 0 Å². The highest BCUT2D eigenvalue weighted by molar-refractivity contribution is 7.09. The molecule has 0 saturated heterocycles. The van der Waals surface area contributed by atoms with Crippen LogP contribution >= 0.6 is 11.3 Å². The van der Waals surface area contributed by atoms with Gasteiger partial charge in [-0.2, -0.15) is 13.2 Å². The third-order valence-electron chi connectivity index (χ3n) is 2.51. The Balaban J connectivity index is 2.34. The van der Waals surface area contributed by atoms with Crippen LogP contribution in [0.2, 0.25) is 0 Å². The molecule has 2 rings (SSSR count). The van der Waals surface area contributed by atoms with Gasteiger partial charge >= 0.3 is 6.18 Å². The van der Waals surface area contributed by atoms with Crippen LogP contribution in [0.3, 0.4) is 0 Å². The summed E-state index contributed by atoms with van der Waals surface area (Å²) in [6, 6.07) is 2.28. The van der Waals surface area contributed by atoms with Crippen LogP contribution in [0.15, 0.2) is 29.9 Å².